The molecule has 0 atom stereocenters. The van der Waals surface area contributed by atoms with E-state index < -0.39 is 17.4 Å². The molecular formula is C17H18F2O4S. The molecule has 1 aromatic carbocycles. The number of carbonyl (C=O) groups excluding carboxylic acids is 1. The molecule has 24 heavy (non-hydrogen) atoms. The molecule has 7 heteroatoms. The molecule has 1 aromatic heterocycles. The van der Waals surface area contributed by atoms with E-state index in [1.807, 2.05) is 0 Å². The largest absolute Gasteiger partial charge is 0.488 e. The third kappa shape index (κ3) is 4.75. The summed E-state index contributed by atoms with van der Waals surface area (Å²) in [4.78, 5) is 11.9. The quantitative estimate of drug-likeness (QED) is 0.576. The SMILES string of the molecule is CCOC(=O)CCCOc1c(F)cc(-c2csc(CO)c2)cc1F. The van der Waals surface area contributed by atoms with E-state index in [9.17, 15) is 13.6 Å². The standard InChI is InChI=1S/C17H18F2O4S/c1-2-22-16(21)4-3-5-23-17-14(18)7-11(8-15(17)19)12-6-13(9-20)24-10-12/h6-8,10,20H,2-5,9H2,1H3. The number of thiophene rings is 1. The summed E-state index contributed by atoms with van der Waals surface area (Å²) in [5, 5.41) is 10.8. The highest BCUT2D eigenvalue weighted by atomic mass is 32.1. The topological polar surface area (TPSA) is 55.8 Å². The second kappa shape index (κ2) is 8.75. The van der Waals surface area contributed by atoms with Crippen LogP contribution in [0.4, 0.5) is 8.78 Å². The summed E-state index contributed by atoms with van der Waals surface area (Å²) in [7, 11) is 0. The number of ether oxygens (including phenoxy) is 2. The van der Waals surface area contributed by atoms with Crippen molar-refractivity contribution >= 4 is 17.3 Å². The van der Waals surface area contributed by atoms with Crippen LogP contribution in [0.1, 0.15) is 24.6 Å². The number of aliphatic hydroxyl groups excluding tert-OH is 1. The van der Waals surface area contributed by atoms with Gasteiger partial charge >= 0.3 is 5.97 Å². The van der Waals surface area contributed by atoms with E-state index in [1.54, 1.807) is 18.4 Å². The molecule has 0 bridgehead atoms. The van der Waals surface area contributed by atoms with Crippen LogP contribution in [0.25, 0.3) is 11.1 Å². The Hall–Kier alpha value is -1.99. The highest BCUT2D eigenvalue weighted by Gasteiger charge is 2.15. The molecule has 0 radical (unpaired) electrons. The second-order valence-corrected chi connectivity index (χ2v) is 5.98. The van der Waals surface area contributed by atoms with Gasteiger partial charge in [-0.05, 0) is 48.1 Å². The molecule has 0 saturated carbocycles. The number of rotatable bonds is 8. The van der Waals surface area contributed by atoms with Gasteiger partial charge in [0.2, 0.25) is 0 Å². The number of esters is 1. The first-order valence-corrected chi connectivity index (χ1v) is 8.39. The average Bonchev–Trinajstić information content (AvgIpc) is 3.02. The lowest BCUT2D eigenvalue weighted by Crippen LogP contribution is -2.08. The van der Waals surface area contributed by atoms with E-state index in [-0.39, 0.29) is 25.6 Å². The Bertz CT molecular complexity index is 677. The lowest BCUT2D eigenvalue weighted by atomic mass is 10.1. The highest BCUT2D eigenvalue weighted by molar-refractivity contribution is 7.10. The van der Waals surface area contributed by atoms with E-state index in [1.165, 1.54) is 23.5 Å². The molecule has 130 valence electrons. The van der Waals surface area contributed by atoms with Crippen LogP contribution in [0.2, 0.25) is 0 Å². The van der Waals surface area contributed by atoms with Crippen LogP contribution in [-0.4, -0.2) is 24.3 Å². The maximum atomic E-state index is 14.1. The molecule has 4 nitrogen and oxygen atoms in total. The van der Waals surface area contributed by atoms with E-state index in [2.05, 4.69) is 0 Å². The van der Waals surface area contributed by atoms with Gasteiger partial charge in [0.05, 0.1) is 19.8 Å². The van der Waals surface area contributed by atoms with E-state index in [0.717, 1.165) is 0 Å². The lowest BCUT2D eigenvalue weighted by molar-refractivity contribution is -0.143. The van der Waals surface area contributed by atoms with Crippen molar-refractivity contribution < 1.29 is 28.2 Å². The molecule has 0 aliphatic heterocycles. The third-order valence-electron chi connectivity index (χ3n) is 3.22. The molecule has 0 unspecified atom stereocenters. The zero-order valence-electron chi connectivity index (χ0n) is 13.2. The fourth-order valence-electron chi connectivity index (χ4n) is 2.10. The van der Waals surface area contributed by atoms with Gasteiger partial charge in [-0.2, -0.15) is 0 Å². The van der Waals surface area contributed by atoms with Gasteiger partial charge in [0.25, 0.3) is 0 Å². The van der Waals surface area contributed by atoms with Crippen molar-refractivity contribution in [3.63, 3.8) is 0 Å². The fraction of sp³-hybridized carbons (Fsp3) is 0.353. The predicted molar refractivity (Wildman–Crippen MR) is 87.0 cm³/mol. The molecule has 0 saturated heterocycles. The summed E-state index contributed by atoms with van der Waals surface area (Å²) in [5.74, 6) is -2.44. The normalized spacial score (nSPS) is 10.7. The fourth-order valence-corrected chi connectivity index (χ4v) is 2.86. The van der Waals surface area contributed by atoms with Gasteiger partial charge in [0, 0.05) is 11.3 Å². The van der Waals surface area contributed by atoms with Gasteiger partial charge in [-0.15, -0.1) is 11.3 Å². The monoisotopic (exact) mass is 356 g/mol. The van der Waals surface area contributed by atoms with Crippen molar-refractivity contribution in [3.8, 4) is 16.9 Å². The summed E-state index contributed by atoms with van der Waals surface area (Å²) in [5.41, 5.74) is 1.01. The van der Waals surface area contributed by atoms with Crippen LogP contribution in [0.5, 0.6) is 5.75 Å². The number of benzene rings is 1. The first kappa shape index (κ1) is 18.4. The molecule has 2 rings (SSSR count). The van der Waals surface area contributed by atoms with E-state index in [4.69, 9.17) is 14.6 Å². The third-order valence-corrected chi connectivity index (χ3v) is 4.14. The Labute approximate surface area is 142 Å². The second-order valence-electron chi connectivity index (χ2n) is 4.99. The maximum absolute atomic E-state index is 14.1. The van der Waals surface area contributed by atoms with E-state index in [0.29, 0.717) is 29.0 Å². The Morgan fingerprint density at radius 1 is 1.21 bits per heavy atom. The van der Waals surface area contributed by atoms with Crippen molar-refractivity contribution in [2.75, 3.05) is 13.2 Å². The first-order valence-electron chi connectivity index (χ1n) is 7.51. The summed E-state index contributed by atoms with van der Waals surface area (Å²) >= 11 is 1.31. The Kier molecular flexibility index (Phi) is 6.69. The van der Waals surface area contributed by atoms with Gasteiger partial charge in [0.15, 0.2) is 17.4 Å². The number of hydrogen-bond acceptors (Lipinski definition) is 5. The predicted octanol–water partition coefficient (Wildman–Crippen LogP) is 3.91. The van der Waals surface area contributed by atoms with Crippen molar-refractivity contribution in [2.24, 2.45) is 0 Å². The maximum Gasteiger partial charge on any atom is 0.305 e. The Morgan fingerprint density at radius 3 is 2.50 bits per heavy atom. The van der Waals surface area contributed by atoms with Crippen LogP contribution >= 0.6 is 11.3 Å². The Morgan fingerprint density at radius 2 is 1.92 bits per heavy atom. The number of hydrogen-bond donors (Lipinski definition) is 1. The van der Waals surface area contributed by atoms with Crippen LogP contribution in [0.3, 0.4) is 0 Å². The minimum absolute atomic E-state index is 0.0130. The molecular weight excluding hydrogens is 338 g/mol. The number of aliphatic hydroxyl groups is 1. The van der Waals surface area contributed by atoms with Crippen molar-refractivity contribution in [2.45, 2.75) is 26.4 Å². The molecule has 1 heterocycles. The van der Waals surface area contributed by atoms with Crippen molar-refractivity contribution in [1.29, 1.82) is 0 Å². The minimum Gasteiger partial charge on any atom is -0.488 e. The van der Waals surface area contributed by atoms with E-state index >= 15 is 0 Å². The summed E-state index contributed by atoms with van der Waals surface area (Å²) < 4.78 is 38.1. The zero-order valence-corrected chi connectivity index (χ0v) is 14.0. The smallest absolute Gasteiger partial charge is 0.305 e. The molecule has 0 aliphatic carbocycles. The summed E-state index contributed by atoms with van der Waals surface area (Å²) in [6, 6.07) is 4.05. The van der Waals surface area contributed by atoms with Crippen LogP contribution < -0.4 is 4.74 Å². The van der Waals surface area contributed by atoms with Crippen molar-refractivity contribution in [1.82, 2.24) is 0 Å². The molecule has 0 aliphatic rings. The van der Waals surface area contributed by atoms with Gasteiger partial charge < -0.3 is 14.6 Å². The summed E-state index contributed by atoms with van der Waals surface area (Å²) in [6.45, 7) is 1.90. The zero-order chi connectivity index (χ0) is 17.5. The van der Waals surface area contributed by atoms with Gasteiger partial charge in [-0.25, -0.2) is 8.78 Å². The molecule has 2 aromatic rings. The highest BCUT2D eigenvalue weighted by Crippen LogP contribution is 2.31. The average molecular weight is 356 g/mol. The van der Waals surface area contributed by atoms with Crippen LogP contribution in [-0.2, 0) is 16.1 Å². The van der Waals surface area contributed by atoms with Crippen LogP contribution in [0.15, 0.2) is 23.6 Å². The molecule has 1 N–H and O–H groups in total. The number of carbonyl (C=O) groups is 1. The van der Waals surface area contributed by atoms with Gasteiger partial charge in [-0.1, -0.05) is 0 Å². The summed E-state index contributed by atoms with van der Waals surface area (Å²) in [6.07, 6.45) is 0.442. The van der Waals surface area contributed by atoms with Crippen LogP contribution in [0, 0.1) is 11.6 Å². The minimum atomic E-state index is -0.808. The Balaban J connectivity index is 2.00. The first-order chi connectivity index (χ1) is 11.5. The molecule has 0 fully saturated rings. The van der Waals surface area contributed by atoms with Gasteiger partial charge in [0.1, 0.15) is 0 Å². The number of halogens is 2. The molecule has 0 amide bonds. The molecule has 0 spiro atoms. The van der Waals surface area contributed by atoms with Crippen molar-refractivity contribution in [3.05, 3.63) is 40.1 Å². The lowest BCUT2D eigenvalue weighted by Gasteiger charge is -2.10. The van der Waals surface area contributed by atoms with Gasteiger partial charge in [-0.3, -0.25) is 4.79 Å².